The molecular formula is C49H92N4O3. The summed E-state index contributed by atoms with van der Waals surface area (Å²) >= 11 is 0. The standard InChI is InChI=1S/C49H92N4O3/c1-8-10-12-14-16-18-20-22-24-26-28-30-32-34-36-39-44-53(45-40-37-35-33-31-29-27-25-23-21-19-17-15-13-11-9-2)51-47(54)46(42-38-41-43-52(6)7)50-48(55)56-49(3,4)5/h16-19,22-25,46H,8-15,20-21,26-45H2,1-7H3,(H,50,55)(H,51,54)/b18-16-,19-17-,24-22-,25-23-/t46-/m0/s1. The highest BCUT2D eigenvalue weighted by molar-refractivity contribution is 5.85. The number of hydrazine groups is 1. The van der Waals surface area contributed by atoms with E-state index >= 15 is 0 Å². The zero-order valence-corrected chi connectivity index (χ0v) is 38.0. The van der Waals surface area contributed by atoms with E-state index in [-0.39, 0.29) is 5.91 Å². The predicted molar refractivity (Wildman–Crippen MR) is 244 cm³/mol. The number of allylic oxidation sites excluding steroid dienone is 8. The molecule has 0 heterocycles. The van der Waals surface area contributed by atoms with E-state index in [9.17, 15) is 9.59 Å². The van der Waals surface area contributed by atoms with E-state index in [1.165, 1.54) is 128 Å². The second-order valence-electron chi connectivity index (χ2n) is 17.1. The van der Waals surface area contributed by atoms with Crippen molar-refractivity contribution >= 4 is 12.0 Å². The lowest BCUT2D eigenvalue weighted by molar-refractivity contribution is -0.128. The SMILES string of the molecule is CCCCC/C=C\C/C=C\CCCCCCCCN(CCCCCCCC/C=C\C/C=C\CCCCC)NC(=O)[C@H](CCCCN(C)C)NC(=O)OC(C)(C)C. The van der Waals surface area contributed by atoms with Gasteiger partial charge < -0.3 is 15.0 Å². The number of alkyl carbamates (subject to hydrolysis) is 1. The van der Waals surface area contributed by atoms with E-state index in [1.54, 1.807) is 0 Å². The Morgan fingerprint density at radius 3 is 1.34 bits per heavy atom. The minimum absolute atomic E-state index is 0.138. The molecule has 0 aliphatic heterocycles. The molecule has 2 N–H and O–H groups in total. The van der Waals surface area contributed by atoms with Gasteiger partial charge in [-0.05, 0) is 138 Å². The number of hydrogen-bond acceptors (Lipinski definition) is 5. The molecule has 0 saturated heterocycles. The van der Waals surface area contributed by atoms with E-state index in [0.29, 0.717) is 6.42 Å². The summed E-state index contributed by atoms with van der Waals surface area (Å²) in [6.07, 6.45) is 49.7. The normalized spacial score (nSPS) is 13.0. The summed E-state index contributed by atoms with van der Waals surface area (Å²) in [5, 5.41) is 5.01. The van der Waals surface area contributed by atoms with Gasteiger partial charge in [-0.3, -0.25) is 10.2 Å². The van der Waals surface area contributed by atoms with Gasteiger partial charge in [0.25, 0.3) is 5.91 Å². The van der Waals surface area contributed by atoms with Gasteiger partial charge in [-0.25, -0.2) is 9.80 Å². The van der Waals surface area contributed by atoms with E-state index in [1.807, 2.05) is 20.8 Å². The van der Waals surface area contributed by atoms with Crippen LogP contribution in [-0.2, 0) is 9.53 Å². The minimum atomic E-state index is -0.624. The average molecular weight is 785 g/mol. The molecule has 0 spiro atoms. The minimum Gasteiger partial charge on any atom is -0.444 e. The molecule has 0 aromatic rings. The summed E-state index contributed by atoms with van der Waals surface area (Å²) < 4.78 is 5.53. The highest BCUT2D eigenvalue weighted by Gasteiger charge is 2.25. The van der Waals surface area contributed by atoms with Crippen molar-refractivity contribution in [3.05, 3.63) is 48.6 Å². The average Bonchev–Trinajstić information content (AvgIpc) is 3.14. The number of hydrogen-bond donors (Lipinski definition) is 2. The van der Waals surface area contributed by atoms with Crippen molar-refractivity contribution in [1.29, 1.82) is 0 Å². The van der Waals surface area contributed by atoms with E-state index in [2.05, 4.69) is 97.2 Å². The summed E-state index contributed by atoms with van der Waals surface area (Å²) in [6.45, 7) is 12.7. The maximum atomic E-state index is 13.7. The predicted octanol–water partition coefficient (Wildman–Crippen LogP) is 13.6. The van der Waals surface area contributed by atoms with E-state index in [4.69, 9.17) is 4.74 Å². The number of nitrogens with one attached hydrogen (secondary N) is 2. The first-order valence-electron chi connectivity index (χ1n) is 23.4. The van der Waals surface area contributed by atoms with Crippen LogP contribution in [0.1, 0.15) is 208 Å². The van der Waals surface area contributed by atoms with E-state index in [0.717, 1.165) is 58.2 Å². The zero-order chi connectivity index (χ0) is 41.4. The fourth-order valence-electron chi connectivity index (χ4n) is 6.53. The third-order valence-corrected chi connectivity index (χ3v) is 9.88. The maximum Gasteiger partial charge on any atom is 0.408 e. The second-order valence-corrected chi connectivity index (χ2v) is 17.1. The molecule has 1 atom stereocenters. The number of ether oxygens (including phenoxy) is 1. The molecule has 0 aliphatic rings. The van der Waals surface area contributed by atoms with Crippen molar-refractivity contribution in [3.63, 3.8) is 0 Å². The summed E-state index contributed by atoms with van der Waals surface area (Å²) in [4.78, 5) is 28.6. The van der Waals surface area contributed by atoms with Gasteiger partial charge in [-0.1, -0.05) is 140 Å². The fraction of sp³-hybridized carbons (Fsp3) is 0.796. The Bertz CT molecular complexity index is 965. The van der Waals surface area contributed by atoms with Crippen molar-refractivity contribution in [2.45, 2.75) is 220 Å². The first-order chi connectivity index (χ1) is 27.1. The Labute approximate surface area is 348 Å². The van der Waals surface area contributed by atoms with Crippen LogP contribution >= 0.6 is 0 Å². The molecule has 326 valence electrons. The van der Waals surface area contributed by atoms with Crippen LogP contribution in [0.15, 0.2) is 48.6 Å². The van der Waals surface area contributed by atoms with Gasteiger partial charge in [0.05, 0.1) is 0 Å². The topological polar surface area (TPSA) is 73.9 Å². The first-order valence-corrected chi connectivity index (χ1v) is 23.4. The summed E-state index contributed by atoms with van der Waals surface area (Å²) in [6, 6.07) is -0.624. The van der Waals surface area contributed by atoms with Crippen LogP contribution < -0.4 is 10.7 Å². The molecule has 0 rings (SSSR count). The van der Waals surface area contributed by atoms with Gasteiger partial charge in [0.15, 0.2) is 0 Å². The Morgan fingerprint density at radius 1 is 0.536 bits per heavy atom. The molecule has 7 nitrogen and oxygen atoms in total. The monoisotopic (exact) mass is 785 g/mol. The van der Waals surface area contributed by atoms with Gasteiger partial charge in [0, 0.05) is 13.1 Å². The number of carbonyl (C=O) groups excluding carboxylic acids is 2. The van der Waals surface area contributed by atoms with Crippen molar-refractivity contribution in [2.24, 2.45) is 0 Å². The van der Waals surface area contributed by atoms with Gasteiger partial charge >= 0.3 is 6.09 Å². The van der Waals surface area contributed by atoms with Crippen LogP contribution in [0.4, 0.5) is 4.79 Å². The lowest BCUT2D eigenvalue weighted by Gasteiger charge is -2.27. The molecule has 0 unspecified atom stereocenters. The molecule has 0 fully saturated rings. The molecule has 0 saturated carbocycles. The van der Waals surface area contributed by atoms with E-state index < -0.39 is 17.7 Å². The molecule has 0 aromatic carbocycles. The van der Waals surface area contributed by atoms with Crippen LogP contribution in [0.5, 0.6) is 0 Å². The number of nitrogens with zero attached hydrogens (tertiary/aromatic N) is 2. The fourth-order valence-corrected chi connectivity index (χ4v) is 6.53. The highest BCUT2D eigenvalue weighted by Crippen LogP contribution is 2.13. The van der Waals surface area contributed by atoms with Crippen LogP contribution in [0.25, 0.3) is 0 Å². The molecule has 56 heavy (non-hydrogen) atoms. The lowest BCUT2D eigenvalue weighted by atomic mass is 10.1. The molecule has 0 radical (unpaired) electrons. The summed E-state index contributed by atoms with van der Waals surface area (Å²) in [7, 11) is 4.12. The Balaban J connectivity index is 4.81. The first kappa shape index (κ1) is 53.6. The molecule has 0 aromatic heterocycles. The number of carbonyl (C=O) groups is 2. The number of unbranched alkanes of at least 4 members (excludes halogenated alkanes) is 19. The van der Waals surface area contributed by atoms with Gasteiger partial charge in [-0.2, -0.15) is 0 Å². The molecular weight excluding hydrogens is 693 g/mol. The van der Waals surface area contributed by atoms with Crippen LogP contribution in [-0.4, -0.2) is 67.3 Å². The summed E-state index contributed by atoms with van der Waals surface area (Å²) in [5.41, 5.74) is 2.61. The number of amides is 2. The maximum absolute atomic E-state index is 13.7. The van der Waals surface area contributed by atoms with Crippen LogP contribution in [0.2, 0.25) is 0 Å². The Morgan fingerprint density at radius 2 is 0.929 bits per heavy atom. The Kier molecular flexibility index (Phi) is 37.8. The quantitative estimate of drug-likeness (QED) is 0.0370. The van der Waals surface area contributed by atoms with Crippen molar-refractivity contribution in [2.75, 3.05) is 33.7 Å². The Hall–Kier alpha value is -2.38. The lowest BCUT2D eigenvalue weighted by Crippen LogP contribution is -2.53. The zero-order valence-electron chi connectivity index (χ0n) is 38.0. The smallest absolute Gasteiger partial charge is 0.408 e. The van der Waals surface area contributed by atoms with Gasteiger partial charge in [0.2, 0.25) is 0 Å². The third-order valence-electron chi connectivity index (χ3n) is 9.88. The van der Waals surface area contributed by atoms with Gasteiger partial charge in [0.1, 0.15) is 11.6 Å². The number of rotatable bonds is 38. The summed E-state index contributed by atoms with van der Waals surface area (Å²) in [5.74, 6) is -0.138. The van der Waals surface area contributed by atoms with Crippen LogP contribution in [0, 0.1) is 0 Å². The van der Waals surface area contributed by atoms with Crippen molar-refractivity contribution in [1.82, 2.24) is 20.7 Å². The second kappa shape index (κ2) is 39.4. The molecule has 0 bridgehead atoms. The molecule has 0 aliphatic carbocycles. The van der Waals surface area contributed by atoms with Gasteiger partial charge in [-0.15, -0.1) is 0 Å². The molecule has 2 amide bonds. The van der Waals surface area contributed by atoms with Crippen LogP contribution in [0.3, 0.4) is 0 Å². The molecule has 7 heteroatoms. The highest BCUT2D eigenvalue weighted by atomic mass is 16.6. The largest absolute Gasteiger partial charge is 0.444 e. The third kappa shape index (κ3) is 39.8. The van der Waals surface area contributed by atoms with Crippen molar-refractivity contribution in [3.8, 4) is 0 Å². The van der Waals surface area contributed by atoms with Crippen molar-refractivity contribution < 1.29 is 14.3 Å².